The smallest absolute Gasteiger partial charge is 0.379 e. The molecule has 1 atom stereocenters. The number of halogens is 3. The van der Waals surface area contributed by atoms with E-state index in [1.54, 1.807) is 13.0 Å². The number of aryl methyl sites for hydroxylation is 2. The molecule has 0 radical (unpaired) electrons. The Hall–Kier alpha value is -1.63. The van der Waals surface area contributed by atoms with Crippen LogP contribution in [-0.4, -0.2) is 45.8 Å². The molecular formula is C14H17F3N2O2. The van der Waals surface area contributed by atoms with Crippen molar-refractivity contribution in [1.82, 2.24) is 9.88 Å². The zero-order valence-electron chi connectivity index (χ0n) is 11.9. The maximum Gasteiger partial charge on any atom is 0.418 e. The van der Waals surface area contributed by atoms with Gasteiger partial charge in [0.2, 0.25) is 0 Å². The van der Waals surface area contributed by atoms with Crippen LogP contribution in [0.4, 0.5) is 13.2 Å². The third kappa shape index (κ3) is 3.02. The number of nitrogens with zero attached hydrogens (tertiary/aromatic N) is 2. The number of aromatic nitrogens is 1. The Kier molecular flexibility index (Phi) is 3.97. The standard InChI is InChI=1S/C14H17F3N2O2/c1-9-4-5-11(18-10(9)2)12(20)19-7-3-6-13(21,8-19)14(15,16)17/h4-5,21H,3,6-8H2,1-2H3. The van der Waals surface area contributed by atoms with E-state index in [4.69, 9.17) is 0 Å². The first-order valence-corrected chi connectivity index (χ1v) is 6.67. The first-order valence-electron chi connectivity index (χ1n) is 6.67. The number of β-amino-alcohol motifs (C(OH)–C–C–N with tert-alkyl or cyclic N) is 1. The van der Waals surface area contributed by atoms with E-state index in [0.29, 0.717) is 5.69 Å². The Bertz CT molecular complexity index is 560. The summed E-state index contributed by atoms with van der Waals surface area (Å²) in [7, 11) is 0. The first kappa shape index (κ1) is 15.8. The summed E-state index contributed by atoms with van der Waals surface area (Å²) in [5, 5.41) is 9.73. The number of alkyl halides is 3. The number of likely N-dealkylation sites (tertiary alicyclic amines) is 1. The van der Waals surface area contributed by atoms with E-state index < -0.39 is 24.2 Å². The van der Waals surface area contributed by atoms with Crippen molar-refractivity contribution in [3.63, 3.8) is 0 Å². The lowest BCUT2D eigenvalue weighted by Crippen LogP contribution is -2.58. The van der Waals surface area contributed by atoms with Crippen LogP contribution < -0.4 is 0 Å². The normalized spacial score (nSPS) is 23.2. The highest BCUT2D eigenvalue weighted by atomic mass is 19.4. The third-order valence-corrected chi connectivity index (χ3v) is 3.85. The first-order chi connectivity index (χ1) is 9.64. The van der Waals surface area contributed by atoms with Gasteiger partial charge in [0.1, 0.15) is 5.69 Å². The van der Waals surface area contributed by atoms with Crippen molar-refractivity contribution in [2.24, 2.45) is 0 Å². The highest BCUT2D eigenvalue weighted by molar-refractivity contribution is 5.92. The molecule has 7 heteroatoms. The summed E-state index contributed by atoms with van der Waals surface area (Å²) in [6.07, 6.45) is -5.03. The van der Waals surface area contributed by atoms with Gasteiger partial charge in [0, 0.05) is 12.2 Å². The van der Waals surface area contributed by atoms with Crippen LogP contribution in [0.1, 0.15) is 34.6 Å². The fraction of sp³-hybridized carbons (Fsp3) is 0.571. The number of carbonyl (C=O) groups is 1. The van der Waals surface area contributed by atoms with Gasteiger partial charge in [0.15, 0.2) is 5.60 Å². The molecule has 1 fully saturated rings. The van der Waals surface area contributed by atoms with Crippen molar-refractivity contribution < 1.29 is 23.1 Å². The Labute approximate surface area is 120 Å². The summed E-state index contributed by atoms with van der Waals surface area (Å²) in [6.45, 7) is 3.00. The van der Waals surface area contributed by atoms with Crippen LogP contribution in [0.3, 0.4) is 0 Å². The maximum absolute atomic E-state index is 12.9. The van der Waals surface area contributed by atoms with Crippen molar-refractivity contribution in [2.45, 2.75) is 38.5 Å². The summed E-state index contributed by atoms with van der Waals surface area (Å²) in [6, 6.07) is 3.20. The Balaban J connectivity index is 2.21. The van der Waals surface area contributed by atoms with Gasteiger partial charge in [0.05, 0.1) is 6.54 Å². The van der Waals surface area contributed by atoms with Crippen molar-refractivity contribution >= 4 is 5.91 Å². The molecular weight excluding hydrogens is 285 g/mol. The van der Waals surface area contributed by atoms with E-state index in [-0.39, 0.29) is 25.1 Å². The van der Waals surface area contributed by atoms with Crippen molar-refractivity contribution in [3.05, 3.63) is 29.1 Å². The predicted octanol–water partition coefficient (Wildman–Crippen LogP) is 2.23. The largest absolute Gasteiger partial charge is 0.418 e. The van der Waals surface area contributed by atoms with E-state index in [1.807, 2.05) is 6.92 Å². The SMILES string of the molecule is Cc1ccc(C(=O)N2CCCC(O)(C(F)(F)F)C2)nc1C. The zero-order chi connectivity index (χ0) is 15.8. The Morgan fingerprint density at radius 3 is 2.62 bits per heavy atom. The van der Waals surface area contributed by atoms with Crippen LogP contribution in [0.5, 0.6) is 0 Å². The fourth-order valence-corrected chi connectivity index (χ4v) is 2.35. The number of hydrogen-bond acceptors (Lipinski definition) is 3. The minimum atomic E-state index is -4.75. The molecule has 2 heterocycles. The molecule has 21 heavy (non-hydrogen) atoms. The van der Waals surface area contributed by atoms with Gasteiger partial charge in [-0.15, -0.1) is 0 Å². The van der Waals surface area contributed by atoms with E-state index in [0.717, 1.165) is 10.5 Å². The van der Waals surface area contributed by atoms with Gasteiger partial charge in [-0.25, -0.2) is 4.98 Å². The van der Waals surface area contributed by atoms with Gasteiger partial charge in [-0.05, 0) is 38.3 Å². The highest BCUT2D eigenvalue weighted by Crippen LogP contribution is 2.37. The molecule has 1 aliphatic heterocycles. The Morgan fingerprint density at radius 1 is 1.38 bits per heavy atom. The second-order valence-electron chi connectivity index (χ2n) is 5.46. The van der Waals surface area contributed by atoms with E-state index in [9.17, 15) is 23.1 Å². The molecule has 2 rings (SSSR count). The molecule has 1 aromatic heterocycles. The van der Waals surface area contributed by atoms with Gasteiger partial charge < -0.3 is 10.0 Å². The lowest BCUT2D eigenvalue weighted by Gasteiger charge is -2.39. The summed E-state index contributed by atoms with van der Waals surface area (Å²) in [4.78, 5) is 17.4. The van der Waals surface area contributed by atoms with Crippen LogP contribution in [-0.2, 0) is 0 Å². The fourth-order valence-electron chi connectivity index (χ4n) is 2.35. The predicted molar refractivity (Wildman–Crippen MR) is 69.9 cm³/mol. The minimum Gasteiger partial charge on any atom is -0.379 e. The van der Waals surface area contributed by atoms with Crippen molar-refractivity contribution in [3.8, 4) is 0 Å². The average Bonchev–Trinajstić information content (AvgIpc) is 2.40. The lowest BCUT2D eigenvalue weighted by atomic mass is 9.92. The van der Waals surface area contributed by atoms with Gasteiger partial charge in [-0.2, -0.15) is 13.2 Å². The molecule has 0 aliphatic carbocycles. The highest BCUT2D eigenvalue weighted by Gasteiger charge is 2.56. The second-order valence-corrected chi connectivity index (χ2v) is 5.46. The quantitative estimate of drug-likeness (QED) is 0.865. The van der Waals surface area contributed by atoms with Crippen LogP contribution in [0.2, 0.25) is 0 Å². The zero-order valence-corrected chi connectivity index (χ0v) is 11.9. The molecule has 116 valence electrons. The molecule has 1 unspecified atom stereocenters. The molecule has 1 aromatic rings. The molecule has 1 aliphatic rings. The van der Waals surface area contributed by atoms with Gasteiger partial charge in [-0.1, -0.05) is 6.07 Å². The number of rotatable bonds is 1. The van der Waals surface area contributed by atoms with Crippen LogP contribution in [0, 0.1) is 13.8 Å². The lowest BCUT2D eigenvalue weighted by molar-refractivity contribution is -0.271. The second kappa shape index (κ2) is 5.29. The maximum atomic E-state index is 12.9. The van der Waals surface area contributed by atoms with Crippen LogP contribution in [0.25, 0.3) is 0 Å². The Morgan fingerprint density at radius 2 is 2.05 bits per heavy atom. The summed E-state index contributed by atoms with van der Waals surface area (Å²) < 4.78 is 38.6. The summed E-state index contributed by atoms with van der Waals surface area (Å²) in [5.41, 5.74) is -1.17. The molecule has 0 saturated carbocycles. The number of amides is 1. The van der Waals surface area contributed by atoms with Crippen molar-refractivity contribution in [2.75, 3.05) is 13.1 Å². The topological polar surface area (TPSA) is 53.4 Å². The summed E-state index contributed by atoms with van der Waals surface area (Å²) in [5.74, 6) is -0.583. The molecule has 1 N–H and O–H groups in total. The van der Waals surface area contributed by atoms with E-state index in [1.165, 1.54) is 6.07 Å². The molecule has 1 saturated heterocycles. The van der Waals surface area contributed by atoms with Gasteiger partial charge in [-0.3, -0.25) is 4.79 Å². The van der Waals surface area contributed by atoms with Gasteiger partial charge in [0.25, 0.3) is 5.91 Å². The molecule has 1 amide bonds. The van der Waals surface area contributed by atoms with E-state index >= 15 is 0 Å². The molecule has 0 bridgehead atoms. The van der Waals surface area contributed by atoms with E-state index in [2.05, 4.69) is 4.98 Å². The monoisotopic (exact) mass is 302 g/mol. The molecule has 0 aromatic carbocycles. The van der Waals surface area contributed by atoms with Gasteiger partial charge >= 0.3 is 6.18 Å². The number of piperidine rings is 1. The number of aliphatic hydroxyl groups is 1. The minimum absolute atomic E-state index is 0.101. The number of pyridine rings is 1. The third-order valence-electron chi connectivity index (χ3n) is 3.85. The van der Waals surface area contributed by atoms with Crippen LogP contribution in [0.15, 0.2) is 12.1 Å². The number of carbonyl (C=O) groups excluding carboxylic acids is 1. The average molecular weight is 302 g/mol. The van der Waals surface area contributed by atoms with Crippen molar-refractivity contribution in [1.29, 1.82) is 0 Å². The number of hydrogen-bond donors (Lipinski definition) is 1. The molecule has 4 nitrogen and oxygen atoms in total. The molecule has 0 spiro atoms. The summed E-state index contributed by atoms with van der Waals surface area (Å²) >= 11 is 0. The van der Waals surface area contributed by atoms with Crippen LogP contribution >= 0.6 is 0 Å².